The summed E-state index contributed by atoms with van der Waals surface area (Å²) in [7, 11) is 1.61. The van der Waals surface area contributed by atoms with E-state index in [4.69, 9.17) is 0 Å². The van der Waals surface area contributed by atoms with E-state index < -0.39 is 58.8 Å². The van der Waals surface area contributed by atoms with Crippen LogP contribution in [0.4, 0.5) is 23.4 Å². The molecule has 2 fully saturated rings. The SMILES string of the molecule is Cn1ccc(NC(=O)C(=O)C2(NC(=O)C(CC3(F)CCCC3)NC(=O)C(C)(C)C(F)(F)F)CCC2)n1. The number of nitrogens with zero attached hydrogens (tertiary/aromatic N) is 2. The van der Waals surface area contributed by atoms with Crippen LogP contribution in [0.3, 0.4) is 0 Å². The Morgan fingerprint density at radius 3 is 2.17 bits per heavy atom. The van der Waals surface area contributed by atoms with Gasteiger partial charge < -0.3 is 16.0 Å². The first-order valence-electron chi connectivity index (χ1n) is 11.8. The van der Waals surface area contributed by atoms with Crippen LogP contribution in [0.1, 0.15) is 65.2 Å². The number of aryl methyl sites for hydroxylation is 1. The first-order valence-corrected chi connectivity index (χ1v) is 11.8. The minimum absolute atomic E-state index is 0.103. The summed E-state index contributed by atoms with van der Waals surface area (Å²) in [4.78, 5) is 51.2. The Morgan fingerprint density at radius 2 is 1.69 bits per heavy atom. The molecule has 1 atom stereocenters. The Kier molecular flexibility index (Phi) is 7.52. The van der Waals surface area contributed by atoms with E-state index in [9.17, 15) is 32.3 Å². The van der Waals surface area contributed by atoms with E-state index in [2.05, 4.69) is 21.0 Å². The number of alkyl halides is 4. The van der Waals surface area contributed by atoms with E-state index in [1.54, 1.807) is 13.2 Å². The second-order valence-corrected chi connectivity index (χ2v) is 10.3. The average molecular weight is 518 g/mol. The van der Waals surface area contributed by atoms with E-state index >= 15 is 4.39 Å². The monoisotopic (exact) mass is 517 g/mol. The Labute approximate surface area is 205 Å². The maximum Gasteiger partial charge on any atom is 0.402 e. The van der Waals surface area contributed by atoms with Gasteiger partial charge in [-0.15, -0.1) is 0 Å². The van der Waals surface area contributed by atoms with Crippen molar-refractivity contribution in [3.63, 3.8) is 0 Å². The summed E-state index contributed by atoms with van der Waals surface area (Å²) >= 11 is 0. The molecule has 1 heterocycles. The van der Waals surface area contributed by atoms with Crippen molar-refractivity contribution in [2.75, 3.05) is 5.32 Å². The zero-order valence-electron chi connectivity index (χ0n) is 20.4. The predicted molar refractivity (Wildman–Crippen MR) is 120 cm³/mol. The summed E-state index contributed by atoms with van der Waals surface area (Å²) < 4.78 is 56.9. The third-order valence-corrected chi connectivity index (χ3v) is 7.13. The van der Waals surface area contributed by atoms with Crippen molar-refractivity contribution in [2.24, 2.45) is 12.5 Å². The molecule has 3 amide bonds. The minimum Gasteiger partial charge on any atom is -0.343 e. The van der Waals surface area contributed by atoms with Gasteiger partial charge in [0.15, 0.2) is 5.82 Å². The van der Waals surface area contributed by atoms with Gasteiger partial charge in [-0.1, -0.05) is 12.8 Å². The first-order chi connectivity index (χ1) is 16.6. The molecule has 2 aliphatic rings. The van der Waals surface area contributed by atoms with E-state index in [1.807, 2.05) is 0 Å². The summed E-state index contributed by atoms with van der Waals surface area (Å²) in [6.07, 6.45) is -1.87. The molecule has 3 N–H and O–H groups in total. The van der Waals surface area contributed by atoms with Gasteiger partial charge >= 0.3 is 6.18 Å². The Morgan fingerprint density at radius 1 is 1.08 bits per heavy atom. The van der Waals surface area contributed by atoms with Crippen molar-refractivity contribution < 1.29 is 36.7 Å². The normalized spacial score (nSPS) is 19.6. The lowest BCUT2D eigenvalue weighted by Crippen LogP contribution is -2.65. The molecular weight excluding hydrogens is 486 g/mol. The molecule has 0 aromatic carbocycles. The molecule has 200 valence electrons. The van der Waals surface area contributed by atoms with Crippen LogP contribution in [-0.4, -0.2) is 56.7 Å². The summed E-state index contributed by atoms with van der Waals surface area (Å²) in [5, 5.41) is 10.8. The quantitative estimate of drug-likeness (QED) is 0.344. The van der Waals surface area contributed by atoms with Gasteiger partial charge in [0, 0.05) is 25.7 Å². The molecule has 0 spiro atoms. The number of anilines is 1. The van der Waals surface area contributed by atoms with E-state index in [1.165, 1.54) is 10.7 Å². The molecule has 2 aliphatic carbocycles. The van der Waals surface area contributed by atoms with Crippen LogP contribution in [0.5, 0.6) is 0 Å². The van der Waals surface area contributed by atoms with Crippen molar-refractivity contribution in [3.8, 4) is 0 Å². The highest BCUT2D eigenvalue weighted by Gasteiger charge is 2.55. The Bertz CT molecular complexity index is 1030. The van der Waals surface area contributed by atoms with Crippen LogP contribution in [0, 0.1) is 5.41 Å². The molecular formula is C23H31F4N5O4. The lowest BCUT2D eigenvalue weighted by molar-refractivity contribution is -0.212. The molecule has 1 unspecified atom stereocenters. The van der Waals surface area contributed by atoms with Gasteiger partial charge in [-0.05, 0) is 46.0 Å². The molecule has 0 saturated heterocycles. The van der Waals surface area contributed by atoms with Gasteiger partial charge in [0.05, 0.1) is 0 Å². The van der Waals surface area contributed by atoms with Gasteiger partial charge in [-0.2, -0.15) is 18.3 Å². The second-order valence-electron chi connectivity index (χ2n) is 10.3. The lowest BCUT2D eigenvalue weighted by atomic mass is 9.73. The lowest BCUT2D eigenvalue weighted by Gasteiger charge is -2.41. The Hall–Kier alpha value is -2.99. The van der Waals surface area contributed by atoms with Gasteiger partial charge in [-0.3, -0.25) is 23.9 Å². The van der Waals surface area contributed by atoms with Crippen LogP contribution in [0.2, 0.25) is 0 Å². The molecule has 9 nitrogen and oxygen atoms in total. The largest absolute Gasteiger partial charge is 0.402 e. The van der Waals surface area contributed by atoms with Crippen molar-refractivity contribution in [1.82, 2.24) is 20.4 Å². The smallest absolute Gasteiger partial charge is 0.343 e. The number of amides is 3. The van der Waals surface area contributed by atoms with Crippen LogP contribution in [0.15, 0.2) is 12.3 Å². The fourth-order valence-corrected chi connectivity index (χ4v) is 4.39. The number of carbonyl (C=O) groups is 4. The molecule has 2 saturated carbocycles. The van der Waals surface area contributed by atoms with Crippen LogP contribution in [0.25, 0.3) is 0 Å². The molecule has 36 heavy (non-hydrogen) atoms. The van der Waals surface area contributed by atoms with Crippen molar-refractivity contribution in [2.45, 2.75) is 88.6 Å². The fraction of sp³-hybridized carbons (Fsp3) is 0.696. The van der Waals surface area contributed by atoms with Crippen LogP contribution in [-0.2, 0) is 26.2 Å². The van der Waals surface area contributed by atoms with E-state index in [-0.39, 0.29) is 31.5 Å². The number of rotatable bonds is 9. The standard InChI is InChI=1S/C23H31F4N5O4/c1-20(2,23(25,26)27)19(36)28-14(13-21(24)8-4-5-9-21)17(34)30-22(10-6-11-22)16(33)18(35)29-15-7-12-32(3)31-15/h7,12,14H,4-6,8-11,13H2,1-3H3,(H,28,36)(H,30,34)(H,29,31,35). The summed E-state index contributed by atoms with van der Waals surface area (Å²) in [6.45, 7) is 1.33. The number of halogens is 4. The summed E-state index contributed by atoms with van der Waals surface area (Å²) in [5.41, 5.74) is -6.28. The molecule has 1 aromatic rings. The molecule has 0 radical (unpaired) electrons. The molecule has 3 rings (SSSR count). The van der Waals surface area contributed by atoms with Crippen LogP contribution >= 0.6 is 0 Å². The fourth-order valence-electron chi connectivity index (χ4n) is 4.39. The zero-order valence-corrected chi connectivity index (χ0v) is 20.4. The zero-order chi connectivity index (χ0) is 26.9. The minimum atomic E-state index is -4.91. The third-order valence-electron chi connectivity index (χ3n) is 7.13. The second kappa shape index (κ2) is 9.81. The number of aromatic nitrogens is 2. The van der Waals surface area contributed by atoms with E-state index in [0.717, 1.165) is 0 Å². The topological polar surface area (TPSA) is 122 Å². The van der Waals surface area contributed by atoms with Crippen molar-refractivity contribution >= 4 is 29.3 Å². The molecule has 1 aromatic heterocycles. The highest BCUT2D eigenvalue weighted by atomic mass is 19.4. The Balaban J connectivity index is 1.78. The average Bonchev–Trinajstić information content (AvgIpc) is 3.36. The van der Waals surface area contributed by atoms with Crippen molar-refractivity contribution in [1.29, 1.82) is 0 Å². The highest BCUT2D eigenvalue weighted by molar-refractivity contribution is 6.44. The van der Waals surface area contributed by atoms with Gasteiger partial charge in [0.1, 0.15) is 22.7 Å². The maximum atomic E-state index is 15.3. The number of hydrogen-bond acceptors (Lipinski definition) is 5. The maximum absolute atomic E-state index is 15.3. The molecule has 13 heteroatoms. The predicted octanol–water partition coefficient (Wildman–Crippen LogP) is 2.71. The molecule has 0 aliphatic heterocycles. The number of hydrogen-bond donors (Lipinski definition) is 3. The summed E-state index contributed by atoms with van der Waals surface area (Å²) in [6, 6.07) is -0.195. The van der Waals surface area contributed by atoms with Crippen LogP contribution < -0.4 is 16.0 Å². The number of carbonyl (C=O) groups excluding carboxylic acids is 4. The van der Waals surface area contributed by atoms with Gasteiger partial charge in [-0.25, -0.2) is 4.39 Å². The number of ketones is 1. The molecule has 0 bridgehead atoms. The van der Waals surface area contributed by atoms with Crippen molar-refractivity contribution in [3.05, 3.63) is 12.3 Å². The third kappa shape index (κ3) is 5.70. The number of nitrogens with one attached hydrogen (secondary N) is 3. The number of Topliss-reactive ketones (excluding diaryl/α,β-unsaturated/α-hetero) is 1. The highest BCUT2D eigenvalue weighted by Crippen LogP contribution is 2.40. The van der Waals surface area contributed by atoms with E-state index in [0.29, 0.717) is 33.1 Å². The van der Waals surface area contributed by atoms with Gasteiger partial charge in [0.2, 0.25) is 17.6 Å². The van der Waals surface area contributed by atoms with Gasteiger partial charge in [0.25, 0.3) is 5.91 Å². The summed E-state index contributed by atoms with van der Waals surface area (Å²) in [5.74, 6) is -4.35. The first kappa shape index (κ1) is 27.6.